The second-order valence-corrected chi connectivity index (χ2v) is 7.36. The van der Waals surface area contributed by atoms with Gasteiger partial charge in [-0.3, -0.25) is 9.59 Å². The number of fused-ring (bicyclic) bond motifs is 2. The van der Waals surface area contributed by atoms with Crippen LogP contribution in [0.15, 0.2) is 40.8 Å². The number of rotatable bonds is 6. The number of methoxy groups -OCH3 is 1. The highest BCUT2D eigenvalue weighted by molar-refractivity contribution is 6.04. The lowest BCUT2D eigenvalue weighted by Crippen LogP contribution is -2.31. The number of esters is 1. The Morgan fingerprint density at radius 2 is 1.88 bits per heavy atom. The van der Waals surface area contributed by atoms with Gasteiger partial charge in [0.1, 0.15) is 35.3 Å². The molecule has 0 radical (unpaired) electrons. The SMILES string of the molecule is COC(=O)CNC(=O)c1nc(C#N)c2ccc(Oc3ccc4oc(N(C)C)nc4c3)cc2c1O. The number of nitriles is 1. The van der Waals surface area contributed by atoms with E-state index in [9.17, 15) is 20.0 Å². The molecule has 0 saturated heterocycles. The van der Waals surface area contributed by atoms with Gasteiger partial charge in [0.25, 0.3) is 11.9 Å². The summed E-state index contributed by atoms with van der Waals surface area (Å²) in [5.74, 6) is -1.15. The Kier molecular flexibility index (Phi) is 5.88. The van der Waals surface area contributed by atoms with Crippen LogP contribution in [0.2, 0.25) is 0 Å². The van der Waals surface area contributed by atoms with Crippen LogP contribution in [0, 0.1) is 11.3 Å². The fourth-order valence-electron chi connectivity index (χ4n) is 3.18. The molecule has 0 atom stereocenters. The summed E-state index contributed by atoms with van der Waals surface area (Å²) < 4.78 is 16.0. The number of hydrogen-bond acceptors (Lipinski definition) is 10. The van der Waals surface area contributed by atoms with Crippen molar-refractivity contribution in [3.05, 3.63) is 47.8 Å². The van der Waals surface area contributed by atoms with Gasteiger partial charge in [0.15, 0.2) is 17.0 Å². The van der Waals surface area contributed by atoms with Crippen molar-refractivity contribution < 1.29 is 28.6 Å². The third kappa shape index (κ3) is 4.24. The van der Waals surface area contributed by atoms with Gasteiger partial charge >= 0.3 is 5.97 Å². The van der Waals surface area contributed by atoms with Crippen molar-refractivity contribution >= 4 is 39.8 Å². The molecule has 11 heteroatoms. The molecule has 2 N–H and O–H groups in total. The molecule has 11 nitrogen and oxygen atoms in total. The van der Waals surface area contributed by atoms with E-state index in [0.29, 0.717) is 34.0 Å². The number of carbonyl (C=O) groups is 2. The van der Waals surface area contributed by atoms with Crippen molar-refractivity contribution in [2.75, 3.05) is 32.6 Å². The van der Waals surface area contributed by atoms with Crippen LogP contribution in [0.25, 0.3) is 21.9 Å². The van der Waals surface area contributed by atoms with E-state index in [-0.39, 0.29) is 11.1 Å². The van der Waals surface area contributed by atoms with Crippen molar-refractivity contribution in [3.63, 3.8) is 0 Å². The number of aromatic nitrogens is 2. The highest BCUT2D eigenvalue weighted by Gasteiger charge is 2.20. The maximum absolute atomic E-state index is 12.4. The van der Waals surface area contributed by atoms with Gasteiger partial charge in [-0.25, -0.2) is 4.98 Å². The molecule has 2 aromatic heterocycles. The molecule has 4 aromatic rings. The molecule has 0 fully saturated rings. The van der Waals surface area contributed by atoms with Gasteiger partial charge in [-0.15, -0.1) is 0 Å². The number of amides is 1. The first-order valence-corrected chi connectivity index (χ1v) is 9.98. The van der Waals surface area contributed by atoms with E-state index in [1.807, 2.05) is 20.2 Å². The van der Waals surface area contributed by atoms with Crippen molar-refractivity contribution in [3.8, 4) is 23.3 Å². The lowest BCUT2D eigenvalue weighted by molar-refractivity contribution is -0.139. The molecule has 0 aliphatic rings. The Labute approximate surface area is 193 Å². The summed E-state index contributed by atoms with van der Waals surface area (Å²) in [6.07, 6.45) is 0. The summed E-state index contributed by atoms with van der Waals surface area (Å²) in [4.78, 5) is 33.8. The Morgan fingerprint density at radius 1 is 1.15 bits per heavy atom. The highest BCUT2D eigenvalue weighted by atomic mass is 16.5. The third-order valence-corrected chi connectivity index (χ3v) is 4.86. The molecule has 1 amide bonds. The minimum atomic E-state index is -0.833. The number of ether oxygens (including phenoxy) is 2. The quantitative estimate of drug-likeness (QED) is 0.410. The number of carbonyl (C=O) groups excluding carboxylic acids is 2. The molecule has 0 aliphatic heterocycles. The number of oxazole rings is 1. The molecule has 0 bridgehead atoms. The Bertz CT molecular complexity index is 1470. The molecular weight excluding hydrogens is 442 g/mol. The maximum atomic E-state index is 12.4. The highest BCUT2D eigenvalue weighted by Crippen LogP contribution is 2.34. The molecule has 0 unspecified atom stereocenters. The Morgan fingerprint density at radius 3 is 2.59 bits per heavy atom. The summed E-state index contributed by atoms with van der Waals surface area (Å²) in [6.45, 7) is -0.417. The second-order valence-electron chi connectivity index (χ2n) is 7.36. The van der Waals surface area contributed by atoms with Gasteiger partial charge in [-0.2, -0.15) is 10.2 Å². The second kappa shape index (κ2) is 8.95. The topological polar surface area (TPSA) is 151 Å². The fourth-order valence-corrected chi connectivity index (χ4v) is 3.18. The number of benzene rings is 2. The number of pyridine rings is 1. The zero-order valence-corrected chi connectivity index (χ0v) is 18.4. The number of nitrogens with one attached hydrogen (secondary N) is 1. The number of aromatic hydroxyl groups is 1. The van der Waals surface area contributed by atoms with E-state index in [2.05, 4.69) is 20.0 Å². The van der Waals surface area contributed by atoms with Crippen LogP contribution in [0.3, 0.4) is 0 Å². The molecule has 34 heavy (non-hydrogen) atoms. The van der Waals surface area contributed by atoms with Crippen LogP contribution in [-0.2, 0) is 9.53 Å². The molecular formula is C23H19N5O6. The average Bonchev–Trinajstić information content (AvgIpc) is 3.27. The van der Waals surface area contributed by atoms with E-state index >= 15 is 0 Å². The molecule has 2 aromatic carbocycles. The van der Waals surface area contributed by atoms with Crippen molar-refractivity contribution in [1.29, 1.82) is 5.26 Å². The number of anilines is 1. The molecule has 0 saturated carbocycles. The third-order valence-electron chi connectivity index (χ3n) is 4.86. The van der Waals surface area contributed by atoms with Crippen LogP contribution in [0.5, 0.6) is 17.2 Å². The zero-order chi connectivity index (χ0) is 24.4. The molecule has 2 heterocycles. The smallest absolute Gasteiger partial charge is 0.325 e. The fraction of sp³-hybridized carbons (Fsp3) is 0.174. The first-order chi connectivity index (χ1) is 16.3. The van der Waals surface area contributed by atoms with Gasteiger partial charge in [0, 0.05) is 30.9 Å². The molecule has 0 aliphatic carbocycles. The minimum Gasteiger partial charge on any atom is -0.505 e. The van der Waals surface area contributed by atoms with Crippen molar-refractivity contribution in [2.24, 2.45) is 0 Å². The average molecular weight is 461 g/mol. The monoisotopic (exact) mass is 461 g/mol. The molecule has 0 spiro atoms. The largest absolute Gasteiger partial charge is 0.505 e. The normalized spacial score (nSPS) is 10.6. The van der Waals surface area contributed by atoms with Gasteiger partial charge < -0.3 is 29.2 Å². The summed E-state index contributed by atoms with van der Waals surface area (Å²) in [5.41, 5.74) is 0.734. The maximum Gasteiger partial charge on any atom is 0.325 e. The van der Waals surface area contributed by atoms with E-state index in [1.165, 1.54) is 13.2 Å². The van der Waals surface area contributed by atoms with Crippen LogP contribution in [0.1, 0.15) is 16.2 Å². The van der Waals surface area contributed by atoms with Gasteiger partial charge in [0.2, 0.25) is 0 Å². The predicted molar refractivity (Wildman–Crippen MR) is 121 cm³/mol. The van der Waals surface area contributed by atoms with Crippen LogP contribution in [0.4, 0.5) is 6.01 Å². The first kappa shape index (κ1) is 22.3. The Hall–Kier alpha value is -4.85. The van der Waals surface area contributed by atoms with Crippen molar-refractivity contribution in [2.45, 2.75) is 0 Å². The van der Waals surface area contributed by atoms with Crippen molar-refractivity contribution in [1.82, 2.24) is 15.3 Å². The zero-order valence-electron chi connectivity index (χ0n) is 18.4. The molecule has 172 valence electrons. The lowest BCUT2D eigenvalue weighted by atomic mass is 10.1. The van der Waals surface area contributed by atoms with E-state index in [1.54, 1.807) is 35.2 Å². The first-order valence-electron chi connectivity index (χ1n) is 9.98. The van der Waals surface area contributed by atoms with E-state index in [0.717, 1.165) is 0 Å². The van der Waals surface area contributed by atoms with Gasteiger partial charge in [-0.1, -0.05) is 0 Å². The minimum absolute atomic E-state index is 0.0669. The van der Waals surface area contributed by atoms with Crippen LogP contribution < -0.4 is 15.0 Å². The predicted octanol–water partition coefficient (Wildman–Crippen LogP) is 2.71. The van der Waals surface area contributed by atoms with E-state index < -0.39 is 29.9 Å². The Balaban J connectivity index is 1.69. The number of hydrogen-bond donors (Lipinski definition) is 2. The van der Waals surface area contributed by atoms with Gasteiger partial charge in [-0.05, 0) is 30.3 Å². The summed E-state index contributed by atoms with van der Waals surface area (Å²) in [6, 6.07) is 12.2. The van der Waals surface area contributed by atoms with Crippen LogP contribution >= 0.6 is 0 Å². The summed E-state index contributed by atoms with van der Waals surface area (Å²) >= 11 is 0. The van der Waals surface area contributed by atoms with E-state index in [4.69, 9.17) is 9.15 Å². The summed E-state index contributed by atoms with van der Waals surface area (Å²) in [7, 11) is 4.81. The number of nitrogens with zero attached hydrogens (tertiary/aromatic N) is 4. The van der Waals surface area contributed by atoms with Crippen LogP contribution in [-0.4, -0.2) is 54.7 Å². The van der Waals surface area contributed by atoms with Gasteiger partial charge in [0.05, 0.1) is 7.11 Å². The summed E-state index contributed by atoms with van der Waals surface area (Å²) in [5, 5.41) is 23.0. The standard InChI is InChI=1S/C23H19N5O6/c1-28(2)23-27-16-9-13(5-7-18(16)34-23)33-12-4-6-14-15(8-12)21(30)20(26-17(14)10-24)22(31)25-11-19(29)32-3/h4-9,30H,11H2,1-3H3,(H,25,31). The lowest BCUT2D eigenvalue weighted by Gasteiger charge is -2.11. The molecule has 4 rings (SSSR count).